The van der Waals surface area contributed by atoms with Crippen LogP contribution in [-0.4, -0.2) is 16.6 Å². The number of aromatic amines is 1. The number of oxazole rings is 1. The molecule has 0 aliphatic rings. The normalized spacial score (nSPS) is 10.8. The Morgan fingerprint density at radius 2 is 2.00 bits per heavy atom. The molecule has 2 N–H and O–H groups in total. The third kappa shape index (κ3) is 4.04. The summed E-state index contributed by atoms with van der Waals surface area (Å²) in [5.41, 5.74) is 4.10. The molecule has 0 fully saturated rings. The first-order chi connectivity index (χ1) is 11.1. The molecule has 3 rings (SSSR count). The van der Waals surface area contributed by atoms with E-state index in [1.807, 2.05) is 0 Å². The number of aryl methyl sites for hydroxylation is 1. The van der Waals surface area contributed by atoms with Crippen LogP contribution in [-0.2, 0) is 10.5 Å². The maximum absolute atomic E-state index is 12.0. The molecule has 2 aromatic carbocycles. The number of hydrogen-bond acceptors (Lipinski definition) is 4. The van der Waals surface area contributed by atoms with Crippen LogP contribution in [0.25, 0.3) is 11.1 Å². The maximum atomic E-state index is 12.0. The average molecular weight is 328 g/mol. The summed E-state index contributed by atoms with van der Waals surface area (Å²) in [5.74, 6) is 0.583. The third-order valence-corrected chi connectivity index (χ3v) is 4.33. The standard InChI is InChI=1S/C17H16N2O3S/c1-11-2-4-12(5-3-11)9-23-10-16(20)18-13-6-7-15-14(8-13)19-17(21)22-15/h2-8H,9-10H2,1H3,(H,18,20)(H,19,21). The molecule has 0 atom stereocenters. The van der Waals surface area contributed by atoms with E-state index in [0.29, 0.717) is 22.5 Å². The first kappa shape index (κ1) is 15.4. The van der Waals surface area contributed by atoms with Crippen LogP contribution in [0.3, 0.4) is 0 Å². The lowest BCUT2D eigenvalue weighted by Gasteiger charge is -2.05. The average Bonchev–Trinajstić information content (AvgIpc) is 2.88. The van der Waals surface area contributed by atoms with Gasteiger partial charge in [0.1, 0.15) is 0 Å². The van der Waals surface area contributed by atoms with E-state index in [-0.39, 0.29) is 5.91 Å². The largest absolute Gasteiger partial charge is 0.417 e. The Balaban J connectivity index is 1.53. The van der Waals surface area contributed by atoms with Crippen molar-refractivity contribution >= 4 is 34.5 Å². The van der Waals surface area contributed by atoms with Gasteiger partial charge in [0.25, 0.3) is 0 Å². The molecule has 23 heavy (non-hydrogen) atoms. The summed E-state index contributed by atoms with van der Waals surface area (Å²) >= 11 is 1.56. The molecular weight excluding hydrogens is 312 g/mol. The Kier molecular flexibility index (Phi) is 4.52. The van der Waals surface area contributed by atoms with Crippen LogP contribution >= 0.6 is 11.8 Å². The van der Waals surface area contributed by atoms with Crippen molar-refractivity contribution in [1.82, 2.24) is 4.98 Å². The van der Waals surface area contributed by atoms with E-state index < -0.39 is 5.76 Å². The summed E-state index contributed by atoms with van der Waals surface area (Å²) in [7, 11) is 0. The molecule has 1 aromatic heterocycles. The van der Waals surface area contributed by atoms with Gasteiger partial charge in [-0.15, -0.1) is 11.8 Å². The first-order valence-electron chi connectivity index (χ1n) is 7.16. The number of aromatic nitrogens is 1. The van der Waals surface area contributed by atoms with Gasteiger partial charge in [0.2, 0.25) is 5.91 Å². The maximum Gasteiger partial charge on any atom is 0.417 e. The molecule has 0 aliphatic carbocycles. The van der Waals surface area contributed by atoms with Gasteiger partial charge in [0.05, 0.1) is 11.3 Å². The Bertz CT molecular complexity index is 881. The molecule has 1 amide bonds. The molecule has 0 bridgehead atoms. The van der Waals surface area contributed by atoms with Crippen LogP contribution in [0.5, 0.6) is 0 Å². The number of rotatable bonds is 5. The molecule has 6 heteroatoms. The van der Waals surface area contributed by atoms with Crippen molar-refractivity contribution in [3.05, 3.63) is 64.1 Å². The van der Waals surface area contributed by atoms with Gasteiger partial charge in [0, 0.05) is 11.4 Å². The lowest BCUT2D eigenvalue weighted by molar-refractivity contribution is -0.113. The Morgan fingerprint density at radius 3 is 2.78 bits per heavy atom. The van der Waals surface area contributed by atoms with Gasteiger partial charge >= 0.3 is 5.76 Å². The van der Waals surface area contributed by atoms with Crippen molar-refractivity contribution in [1.29, 1.82) is 0 Å². The van der Waals surface area contributed by atoms with Crippen LogP contribution < -0.4 is 11.1 Å². The Labute approximate surface area is 137 Å². The summed E-state index contributed by atoms with van der Waals surface area (Å²) < 4.78 is 4.92. The highest BCUT2D eigenvalue weighted by Crippen LogP contribution is 2.17. The molecule has 0 saturated carbocycles. The molecule has 0 radical (unpaired) electrons. The minimum Gasteiger partial charge on any atom is -0.408 e. The molecular formula is C17H16N2O3S. The lowest BCUT2D eigenvalue weighted by Crippen LogP contribution is -2.14. The third-order valence-electron chi connectivity index (χ3n) is 3.33. The summed E-state index contributed by atoms with van der Waals surface area (Å²) in [6, 6.07) is 13.3. The number of nitrogens with one attached hydrogen (secondary N) is 2. The quantitative estimate of drug-likeness (QED) is 0.753. The van der Waals surface area contributed by atoms with E-state index in [9.17, 15) is 9.59 Å². The second-order valence-corrected chi connectivity index (χ2v) is 6.24. The molecule has 3 aromatic rings. The number of thioether (sulfide) groups is 1. The fourth-order valence-corrected chi connectivity index (χ4v) is 2.96. The number of benzene rings is 2. The SMILES string of the molecule is Cc1ccc(CSCC(=O)Nc2ccc3oc(=O)[nH]c3c2)cc1. The molecule has 1 heterocycles. The van der Waals surface area contributed by atoms with Gasteiger partial charge in [-0.2, -0.15) is 0 Å². The van der Waals surface area contributed by atoms with Gasteiger partial charge in [-0.05, 0) is 30.7 Å². The van der Waals surface area contributed by atoms with Crippen molar-refractivity contribution in [2.24, 2.45) is 0 Å². The molecule has 5 nitrogen and oxygen atoms in total. The van der Waals surface area contributed by atoms with Crippen molar-refractivity contribution in [2.45, 2.75) is 12.7 Å². The van der Waals surface area contributed by atoms with Gasteiger partial charge < -0.3 is 9.73 Å². The van der Waals surface area contributed by atoms with Gasteiger partial charge in [0.15, 0.2) is 5.58 Å². The zero-order valence-corrected chi connectivity index (χ0v) is 13.4. The number of carbonyl (C=O) groups is 1. The second-order valence-electron chi connectivity index (χ2n) is 5.25. The molecule has 0 spiro atoms. The predicted octanol–water partition coefficient (Wildman–Crippen LogP) is 3.30. The van der Waals surface area contributed by atoms with E-state index >= 15 is 0 Å². The van der Waals surface area contributed by atoms with Crippen LogP contribution in [0.2, 0.25) is 0 Å². The van der Waals surface area contributed by atoms with Crippen LogP contribution in [0.1, 0.15) is 11.1 Å². The fraction of sp³-hybridized carbons (Fsp3) is 0.176. The number of fused-ring (bicyclic) bond motifs is 1. The minimum absolute atomic E-state index is 0.0766. The van der Waals surface area contributed by atoms with Crippen molar-refractivity contribution in [3.8, 4) is 0 Å². The summed E-state index contributed by atoms with van der Waals surface area (Å²) in [6.07, 6.45) is 0. The van der Waals surface area contributed by atoms with Crippen molar-refractivity contribution in [3.63, 3.8) is 0 Å². The second kappa shape index (κ2) is 6.75. The van der Waals surface area contributed by atoms with E-state index in [0.717, 1.165) is 5.75 Å². The minimum atomic E-state index is -0.503. The number of hydrogen-bond donors (Lipinski definition) is 2. The highest BCUT2D eigenvalue weighted by Gasteiger charge is 2.06. The monoisotopic (exact) mass is 328 g/mol. The molecule has 0 saturated heterocycles. The van der Waals surface area contributed by atoms with Crippen LogP contribution in [0.4, 0.5) is 5.69 Å². The number of amides is 1. The topological polar surface area (TPSA) is 75.1 Å². The number of H-pyrrole nitrogens is 1. The van der Waals surface area contributed by atoms with Gasteiger partial charge in [-0.1, -0.05) is 29.8 Å². The number of carbonyl (C=O) groups excluding carboxylic acids is 1. The van der Waals surface area contributed by atoms with E-state index in [1.165, 1.54) is 11.1 Å². The Hall–Kier alpha value is -2.47. The summed E-state index contributed by atoms with van der Waals surface area (Å²) in [5, 5.41) is 2.82. The fourth-order valence-electron chi connectivity index (χ4n) is 2.17. The highest BCUT2D eigenvalue weighted by molar-refractivity contribution is 7.99. The predicted molar refractivity (Wildman–Crippen MR) is 92.8 cm³/mol. The summed E-state index contributed by atoms with van der Waals surface area (Å²) in [4.78, 5) is 25.6. The zero-order valence-electron chi connectivity index (χ0n) is 12.6. The first-order valence-corrected chi connectivity index (χ1v) is 8.32. The molecule has 0 aliphatic heterocycles. The van der Waals surface area contributed by atoms with Gasteiger partial charge in [-0.25, -0.2) is 4.79 Å². The molecule has 0 unspecified atom stereocenters. The summed E-state index contributed by atoms with van der Waals surface area (Å²) in [6.45, 7) is 2.05. The van der Waals surface area contributed by atoms with Crippen molar-refractivity contribution in [2.75, 3.05) is 11.1 Å². The number of anilines is 1. The Morgan fingerprint density at radius 1 is 1.22 bits per heavy atom. The zero-order chi connectivity index (χ0) is 16.2. The van der Waals surface area contributed by atoms with Crippen molar-refractivity contribution < 1.29 is 9.21 Å². The lowest BCUT2D eigenvalue weighted by atomic mass is 10.2. The van der Waals surface area contributed by atoms with E-state index in [1.54, 1.807) is 30.0 Å². The van der Waals surface area contributed by atoms with Crippen LogP contribution in [0, 0.1) is 6.92 Å². The highest BCUT2D eigenvalue weighted by atomic mass is 32.2. The molecule has 118 valence electrons. The van der Waals surface area contributed by atoms with Crippen LogP contribution in [0.15, 0.2) is 51.7 Å². The van der Waals surface area contributed by atoms with Gasteiger partial charge in [-0.3, -0.25) is 9.78 Å². The van der Waals surface area contributed by atoms with E-state index in [4.69, 9.17) is 4.42 Å². The smallest absolute Gasteiger partial charge is 0.408 e. The van der Waals surface area contributed by atoms with E-state index in [2.05, 4.69) is 41.5 Å².